The molecule has 1 saturated carbocycles. The van der Waals surface area contributed by atoms with E-state index in [2.05, 4.69) is 15.3 Å². The van der Waals surface area contributed by atoms with Crippen LogP contribution in [0.4, 0.5) is 10.3 Å². The highest BCUT2D eigenvalue weighted by Crippen LogP contribution is 2.26. The molecule has 2 aromatic rings. The topological polar surface area (TPSA) is 37.8 Å². The van der Waals surface area contributed by atoms with Gasteiger partial charge in [0, 0.05) is 17.8 Å². The molecule has 1 N–H and O–H groups in total. The van der Waals surface area contributed by atoms with E-state index >= 15 is 0 Å². The summed E-state index contributed by atoms with van der Waals surface area (Å²) < 4.78 is 13.2. The van der Waals surface area contributed by atoms with Crippen molar-refractivity contribution in [3.05, 3.63) is 42.0 Å². The largest absolute Gasteiger partial charge is 0.351 e. The van der Waals surface area contributed by atoms with Crippen LogP contribution >= 0.6 is 0 Å². The zero-order chi connectivity index (χ0) is 12.5. The van der Waals surface area contributed by atoms with E-state index in [0.717, 1.165) is 16.8 Å². The zero-order valence-corrected chi connectivity index (χ0v) is 10.2. The molecule has 4 heteroatoms. The molecule has 0 aliphatic heterocycles. The Labute approximate surface area is 105 Å². The number of hydrogen-bond donors (Lipinski definition) is 1. The number of nitrogens with one attached hydrogen (secondary N) is 1. The van der Waals surface area contributed by atoms with Crippen molar-refractivity contribution in [1.82, 2.24) is 9.97 Å². The van der Waals surface area contributed by atoms with Crippen LogP contribution in [0.25, 0.3) is 11.1 Å². The third-order valence-electron chi connectivity index (χ3n) is 3.03. The van der Waals surface area contributed by atoms with Crippen LogP contribution in [0.2, 0.25) is 0 Å². The van der Waals surface area contributed by atoms with Crippen LogP contribution < -0.4 is 5.32 Å². The summed E-state index contributed by atoms with van der Waals surface area (Å²) in [5, 5.41) is 3.25. The van der Waals surface area contributed by atoms with Crippen molar-refractivity contribution >= 4 is 5.95 Å². The Hall–Kier alpha value is -1.97. The first-order chi connectivity index (χ1) is 8.72. The first-order valence-corrected chi connectivity index (χ1v) is 6.08. The van der Waals surface area contributed by atoms with Gasteiger partial charge in [0.05, 0.1) is 5.69 Å². The fourth-order valence-corrected chi connectivity index (χ4v) is 1.89. The van der Waals surface area contributed by atoms with Gasteiger partial charge in [-0.3, -0.25) is 0 Å². The van der Waals surface area contributed by atoms with Gasteiger partial charge >= 0.3 is 0 Å². The zero-order valence-electron chi connectivity index (χ0n) is 10.2. The maximum absolute atomic E-state index is 13.2. The van der Waals surface area contributed by atoms with E-state index in [1.54, 1.807) is 12.3 Å². The monoisotopic (exact) mass is 243 g/mol. The lowest BCUT2D eigenvalue weighted by molar-refractivity contribution is 0.628. The van der Waals surface area contributed by atoms with Crippen LogP contribution in [0, 0.1) is 12.7 Å². The molecule has 0 amide bonds. The van der Waals surface area contributed by atoms with Crippen molar-refractivity contribution in [2.75, 3.05) is 5.32 Å². The van der Waals surface area contributed by atoms with Gasteiger partial charge in [-0.1, -0.05) is 12.1 Å². The number of halogens is 1. The van der Waals surface area contributed by atoms with Crippen LogP contribution in [0.5, 0.6) is 0 Å². The average molecular weight is 243 g/mol. The third kappa shape index (κ3) is 2.32. The fourth-order valence-electron chi connectivity index (χ4n) is 1.89. The van der Waals surface area contributed by atoms with Crippen LogP contribution in [-0.2, 0) is 0 Å². The molecule has 1 heterocycles. The highest BCUT2D eigenvalue weighted by molar-refractivity contribution is 5.65. The quantitative estimate of drug-likeness (QED) is 0.899. The first-order valence-electron chi connectivity index (χ1n) is 6.08. The average Bonchev–Trinajstić information content (AvgIpc) is 3.13. The van der Waals surface area contributed by atoms with E-state index in [1.807, 2.05) is 13.0 Å². The van der Waals surface area contributed by atoms with E-state index < -0.39 is 0 Å². The van der Waals surface area contributed by atoms with Gasteiger partial charge in [-0.05, 0) is 37.5 Å². The van der Waals surface area contributed by atoms with Gasteiger partial charge in [-0.2, -0.15) is 0 Å². The summed E-state index contributed by atoms with van der Waals surface area (Å²) in [6.07, 6.45) is 4.13. The second kappa shape index (κ2) is 4.37. The second-order valence-electron chi connectivity index (χ2n) is 4.62. The summed E-state index contributed by atoms with van der Waals surface area (Å²) in [7, 11) is 0. The van der Waals surface area contributed by atoms with Crippen molar-refractivity contribution in [1.29, 1.82) is 0 Å². The van der Waals surface area contributed by atoms with E-state index in [-0.39, 0.29) is 5.82 Å². The number of nitrogens with zero attached hydrogens (tertiary/aromatic N) is 2. The predicted molar refractivity (Wildman–Crippen MR) is 68.8 cm³/mol. The fraction of sp³-hybridized carbons (Fsp3) is 0.286. The molecular formula is C14H14FN3. The van der Waals surface area contributed by atoms with Crippen LogP contribution in [-0.4, -0.2) is 16.0 Å². The summed E-state index contributed by atoms with van der Waals surface area (Å²) in [5.74, 6) is 0.419. The third-order valence-corrected chi connectivity index (χ3v) is 3.03. The van der Waals surface area contributed by atoms with E-state index in [0.29, 0.717) is 12.0 Å². The second-order valence-corrected chi connectivity index (χ2v) is 4.62. The van der Waals surface area contributed by atoms with Crippen LogP contribution in [0.3, 0.4) is 0 Å². The molecule has 1 aliphatic rings. The summed E-state index contributed by atoms with van der Waals surface area (Å²) in [5.41, 5.74) is 2.54. The van der Waals surface area contributed by atoms with Crippen LogP contribution in [0.1, 0.15) is 18.5 Å². The molecule has 0 atom stereocenters. The number of rotatable bonds is 3. The van der Waals surface area contributed by atoms with Gasteiger partial charge in [0.25, 0.3) is 0 Å². The highest BCUT2D eigenvalue weighted by Gasteiger charge is 2.22. The smallest absolute Gasteiger partial charge is 0.223 e. The Morgan fingerprint density at radius 2 is 2.17 bits per heavy atom. The number of hydrogen-bond acceptors (Lipinski definition) is 3. The van der Waals surface area contributed by atoms with Gasteiger partial charge in [-0.15, -0.1) is 0 Å². The van der Waals surface area contributed by atoms with Gasteiger partial charge in [0.15, 0.2) is 0 Å². The molecule has 18 heavy (non-hydrogen) atoms. The maximum atomic E-state index is 13.2. The predicted octanol–water partition coefficient (Wildman–Crippen LogP) is 3.17. The molecule has 1 fully saturated rings. The van der Waals surface area contributed by atoms with E-state index in [4.69, 9.17) is 0 Å². The molecule has 0 radical (unpaired) electrons. The molecule has 92 valence electrons. The molecule has 0 bridgehead atoms. The minimum Gasteiger partial charge on any atom is -0.351 e. The molecule has 1 aromatic heterocycles. The molecule has 0 spiro atoms. The van der Waals surface area contributed by atoms with Gasteiger partial charge in [0.1, 0.15) is 5.82 Å². The van der Waals surface area contributed by atoms with E-state index in [1.165, 1.54) is 25.0 Å². The minimum absolute atomic E-state index is 0.243. The maximum Gasteiger partial charge on any atom is 0.223 e. The molecule has 3 rings (SSSR count). The molecule has 1 aromatic carbocycles. The van der Waals surface area contributed by atoms with Crippen molar-refractivity contribution < 1.29 is 4.39 Å². The Bertz CT molecular complexity index is 579. The van der Waals surface area contributed by atoms with Crippen molar-refractivity contribution in [2.45, 2.75) is 25.8 Å². The highest BCUT2D eigenvalue weighted by atomic mass is 19.1. The van der Waals surface area contributed by atoms with Crippen molar-refractivity contribution in [2.24, 2.45) is 0 Å². The number of benzene rings is 1. The van der Waals surface area contributed by atoms with Gasteiger partial charge in [-0.25, -0.2) is 14.4 Å². The lowest BCUT2D eigenvalue weighted by Crippen LogP contribution is -2.06. The number of aromatic nitrogens is 2. The molecule has 1 aliphatic carbocycles. The summed E-state index contributed by atoms with van der Waals surface area (Å²) in [4.78, 5) is 8.70. The molecule has 3 nitrogen and oxygen atoms in total. The molecule has 0 saturated heterocycles. The van der Waals surface area contributed by atoms with Crippen molar-refractivity contribution in [3.8, 4) is 11.1 Å². The van der Waals surface area contributed by atoms with Crippen LogP contribution in [0.15, 0.2) is 30.5 Å². The summed E-state index contributed by atoms with van der Waals surface area (Å²) in [6, 6.07) is 7.02. The summed E-state index contributed by atoms with van der Waals surface area (Å²) >= 11 is 0. The lowest BCUT2D eigenvalue weighted by atomic mass is 10.1. The Morgan fingerprint density at radius 3 is 2.83 bits per heavy atom. The Kier molecular flexibility index (Phi) is 2.70. The normalized spacial score (nSPS) is 14.6. The van der Waals surface area contributed by atoms with Gasteiger partial charge in [0.2, 0.25) is 5.95 Å². The van der Waals surface area contributed by atoms with E-state index in [9.17, 15) is 4.39 Å². The lowest BCUT2D eigenvalue weighted by Gasteiger charge is -2.08. The Balaban J connectivity index is 1.92. The SMILES string of the molecule is Cc1nc(NC2CC2)ncc1-c1cccc(F)c1. The Morgan fingerprint density at radius 1 is 1.33 bits per heavy atom. The number of aryl methyl sites for hydroxylation is 1. The first kappa shape index (κ1) is 11.1. The van der Waals surface area contributed by atoms with Gasteiger partial charge < -0.3 is 5.32 Å². The molecular weight excluding hydrogens is 229 g/mol. The molecule has 0 unspecified atom stereocenters. The standard InChI is InChI=1S/C14H14FN3/c1-9-13(10-3-2-4-11(15)7-10)8-16-14(17-9)18-12-5-6-12/h2-4,7-8,12H,5-6H2,1H3,(H,16,17,18). The van der Waals surface area contributed by atoms with Crippen molar-refractivity contribution in [3.63, 3.8) is 0 Å². The minimum atomic E-state index is -0.243. The summed E-state index contributed by atoms with van der Waals surface area (Å²) in [6.45, 7) is 1.92. The number of anilines is 1.